The van der Waals surface area contributed by atoms with Crippen molar-refractivity contribution in [2.75, 3.05) is 5.32 Å². The second-order valence-corrected chi connectivity index (χ2v) is 8.50. The summed E-state index contributed by atoms with van der Waals surface area (Å²) in [5, 5.41) is 4.78. The smallest absolute Gasteiger partial charge is 0.369 e. The Balaban J connectivity index is 2.02. The maximum absolute atomic E-state index is 13.7. The first kappa shape index (κ1) is 27.5. The molecule has 3 rings (SSSR count). The average molecular weight is 522 g/mol. The highest BCUT2D eigenvalue weighted by Crippen LogP contribution is 2.30. The topological polar surface area (TPSA) is 114 Å². The minimum absolute atomic E-state index is 0.279. The lowest BCUT2D eigenvalue weighted by Crippen LogP contribution is -2.48. The quantitative estimate of drug-likeness (QED) is 0.362. The van der Waals surface area contributed by atoms with Crippen LogP contribution in [-0.2, 0) is 14.4 Å². The number of primary amides is 1. The number of nitrogens with zero attached hydrogens (tertiary/aromatic N) is 1. The van der Waals surface area contributed by atoms with Gasteiger partial charge in [0.1, 0.15) is 0 Å². The van der Waals surface area contributed by atoms with Crippen LogP contribution in [0.5, 0.6) is 0 Å². The number of aliphatic imine (C=N–C) groups is 1. The Morgan fingerprint density at radius 1 is 1.08 bits per heavy atom. The number of carbonyl (C=O) groups is 3. The molecule has 0 unspecified atom stereocenters. The highest BCUT2D eigenvalue weighted by atomic mass is 19.4. The van der Waals surface area contributed by atoms with Crippen LogP contribution in [0.25, 0.3) is 0 Å². The number of halogens is 5. The molecule has 12 heteroatoms. The number of nitrogens with one attached hydrogen (secondary N) is 2. The summed E-state index contributed by atoms with van der Waals surface area (Å²) in [6.07, 6.45) is -7.92. The molecule has 4 N–H and O–H groups in total. The highest BCUT2D eigenvalue weighted by Gasteiger charge is 2.40. The van der Waals surface area contributed by atoms with Crippen LogP contribution in [0.2, 0.25) is 0 Å². The van der Waals surface area contributed by atoms with E-state index in [0.29, 0.717) is 23.7 Å². The molecule has 1 aliphatic rings. The molecular formula is C25H23F5N4O3. The van der Waals surface area contributed by atoms with Gasteiger partial charge >= 0.3 is 6.18 Å². The van der Waals surface area contributed by atoms with Gasteiger partial charge in [0.25, 0.3) is 5.91 Å². The maximum Gasteiger partial charge on any atom is 0.409 e. The Morgan fingerprint density at radius 2 is 1.70 bits per heavy atom. The lowest BCUT2D eigenvalue weighted by molar-refractivity contribution is -0.136. The van der Waals surface area contributed by atoms with Crippen molar-refractivity contribution in [3.63, 3.8) is 0 Å². The molecule has 0 fully saturated rings. The number of allylic oxidation sites excluding steroid dienone is 1. The summed E-state index contributed by atoms with van der Waals surface area (Å²) in [6, 6.07) is 15.2. The number of hydrogen-bond donors (Lipinski definition) is 3. The minimum Gasteiger partial charge on any atom is -0.369 e. The highest BCUT2D eigenvalue weighted by molar-refractivity contribution is 6.19. The predicted octanol–water partition coefficient (Wildman–Crippen LogP) is 3.80. The number of rotatable bonds is 8. The SMILES string of the molecule is CC(F)(F)C[C@H](C(N)=O)[C@@H](/C=C/C(F)(F)F)C(=O)N[C@H]1N=C(c2ccccc2)c2ccccc2NC1=O. The molecule has 0 aliphatic carbocycles. The number of para-hydroxylation sites is 1. The number of benzene rings is 2. The van der Waals surface area contributed by atoms with Gasteiger partial charge in [-0.3, -0.25) is 14.4 Å². The molecule has 2 aromatic carbocycles. The van der Waals surface area contributed by atoms with Gasteiger partial charge in [0.2, 0.25) is 23.9 Å². The summed E-state index contributed by atoms with van der Waals surface area (Å²) in [4.78, 5) is 42.3. The summed E-state index contributed by atoms with van der Waals surface area (Å²) >= 11 is 0. The molecule has 3 amide bonds. The van der Waals surface area contributed by atoms with E-state index in [9.17, 15) is 36.3 Å². The van der Waals surface area contributed by atoms with Gasteiger partial charge in [0, 0.05) is 23.6 Å². The lowest BCUT2D eigenvalue weighted by atomic mass is 9.85. The van der Waals surface area contributed by atoms with Crippen LogP contribution in [0.4, 0.5) is 27.6 Å². The molecular weight excluding hydrogens is 499 g/mol. The normalized spacial score (nSPS) is 17.7. The largest absolute Gasteiger partial charge is 0.409 e. The molecule has 0 aromatic heterocycles. The van der Waals surface area contributed by atoms with E-state index >= 15 is 0 Å². The van der Waals surface area contributed by atoms with Crippen molar-refractivity contribution in [1.29, 1.82) is 0 Å². The lowest BCUT2D eigenvalue weighted by Gasteiger charge is -2.25. The number of fused-ring (bicyclic) bond motifs is 1. The number of amides is 3. The molecule has 2 aromatic rings. The van der Waals surface area contributed by atoms with E-state index in [4.69, 9.17) is 5.73 Å². The van der Waals surface area contributed by atoms with Gasteiger partial charge in [-0.2, -0.15) is 13.2 Å². The van der Waals surface area contributed by atoms with Crippen LogP contribution in [0.3, 0.4) is 0 Å². The first-order valence-corrected chi connectivity index (χ1v) is 11.0. The molecule has 0 radical (unpaired) electrons. The number of nitrogens with two attached hydrogens (primary N) is 1. The summed E-state index contributed by atoms with van der Waals surface area (Å²) in [6.45, 7) is 0.442. The molecule has 1 aliphatic heterocycles. The van der Waals surface area contributed by atoms with Crippen molar-refractivity contribution in [1.82, 2.24) is 5.32 Å². The second kappa shape index (κ2) is 10.9. The second-order valence-electron chi connectivity index (χ2n) is 8.50. The van der Waals surface area contributed by atoms with E-state index in [1.165, 1.54) is 0 Å². The summed E-state index contributed by atoms with van der Waals surface area (Å²) < 4.78 is 66.1. The zero-order chi connectivity index (χ0) is 27.4. The Hall–Kier alpha value is -4.09. The Bertz CT molecular complexity index is 1220. The summed E-state index contributed by atoms with van der Waals surface area (Å²) in [7, 11) is 0. The summed E-state index contributed by atoms with van der Waals surface area (Å²) in [5.41, 5.74) is 6.91. The fraction of sp³-hybridized carbons (Fsp3) is 0.280. The van der Waals surface area contributed by atoms with Crippen molar-refractivity contribution in [3.8, 4) is 0 Å². The zero-order valence-electron chi connectivity index (χ0n) is 19.4. The van der Waals surface area contributed by atoms with Crippen LogP contribution in [0, 0.1) is 11.8 Å². The van der Waals surface area contributed by atoms with Gasteiger partial charge in [-0.1, -0.05) is 54.6 Å². The Labute approximate surface area is 208 Å². The van der Waals surface area contributed by atoms with E-state index in [0.717, 1.165) is 0 Å². The first-order valence-electron chi connectivity index (χ1n) is 11.0. The van der Waals surface area contributed by atoms with E-state index < -0.39 is 54.2 Å². The Kier molecular flexibility index (Phi) is 8.09. The van der Waals surface area contributed by atoms with Gasteiger partial charge in [0.15, 0.2) is 0 Å². The van der Waals surface area contributed by atoms with Gasteiger partial charge < -0.3 is 16.4 Å². The van der Waals surface area contributed by atoms with Crippen molar-refractivity contribution in [3.05, 3.63) is 77.9 Å². The Morgan fingerprint density at radius 3 is 2.30 bits per heavy atom. The molecule has 3 atom stereocenters. The van der Waals surface area contributed by atoms with E-state index in [2.05, 4.69) is 15.6 Å². The monoisotopic (exact) mass is 522 g/mol. The van der Waals surface area contributed by atoms with Gasteiger partial charge in [-0.25, -0.2) is 13.8 Å². The molecule has 0 saturated heterocycles. The molecule has 0 bridgehead atoms. The molecule has 196 valence electrons. The van der Waals surface area contributed by atoms with Gasteiger partial charge in [-0.15, -0.1) is 0 Å². The predicted molar refractivity (Wildman–Crippen MR) is 126 cm³/mol. The fourth-order valence-corrected chi connectivity index (χ4v) is 3.82. The van der Waals surface area contributed by atoms with Gasteiger partial charge in [-0.05, 0) is 13.0 Å². The molecule has 0 spiro atoms. The number of benzodiazepines with no additional fused rings is 1. The number of alkyl halides is 5. The van der Waals surface area contributed by atoms with Crippen LogP contribution in [0.1, 0.15) is 24.5 Å². The number of carbonyl (C=O) groups excluding carboxylic acids is 3. The average Bonchev–Trinajstić information content (AvgIpc) is 2.93. The van der Waals surface area contributed by atoms with E-state index in [-0.39, 0.29) is 17.9 Å². The summed E-state index contributed by atoms with van der Waals surface area (Å²) in [5.74, 6) is -11.1. The number of anilines is 1. The van der Waals surface area contributed by atoms with Crippen molar-refractivity contribution < 1.29 is 36.3 Å². The van der Waals surface area contributed by atoms with Gasteiger partial charge in [0.05, 0.1) is 23.2 Å². The van der Waals surface area contributed by atoms with Crippen molar-refractivity contribution in [2.24, 2.45) is 22.6 Å². The third-order valence-corrected chi connectivity index (χ3v) is 5.45. The fourth-order valence-electron chi connectivity index (χ4n) is 3.82. The molecule has 1 heterocycles. The first-order chi connectivity index (χ1) is 17.2. The standard InChI is InChI=1S/C25H23F5N4O3/c1-24(26,27)13-17(20(31)35)15(11-12-25(28,29)30)22(36)34-21-23(37)32-18-10-6-5-9-16(18)19(33-21)14-7-3-2-4-8-14/h2-12,15,17,21H,13H2,1H3,(H2,31,35)(H,32,37)(H,34,36)/b12-11+/t15-,17+,21-/m1/s1. The van der Waals surface area contributed by atoms with Crippen molar-refractivity contribution >= 4 is 29.1 Å². The zero-order valence-corrected chi connectivity index (χ0v) is 19.4. The third kappa shape index (κ3) is 7.45. The van der Waals surface area contributed by atoms with Crippen LogP contribution >= 0.6 is 0 Å². The third-order valence-electron chi connectivity index (χ3n) is 5.45. The van der Waals surface area contributed by atoms with Crippen LogP contribution < -0.4 is 16.4 Å². The molecule has 7 nitrogen and oxygen atoms in total. The molecule has 0 saturated carbocycles. The number of hydrogen-bond acceptors (Lipinski definition) is 4. The maximum atomic E-state index is 13.7. The van der Waals surface area contributed by atoms with Crippen molar-refractivity contribution in [2.45, 2.75) is 31.6 Å². The van der Waals surface area contributed by atoms with Crippen LogP contribution in [-0.4, -0.2) is 41.7 Å². The van der Waals surface area contributed by atoms with Crippen LogP contribution in [0.15, 0.2) is 71.7 Å². The minimum atomic E-state index is -4.91. The molecule has 37 heavy (non-hydrogen) atoms. The van der Waals surface area contributed by atoms with E-state index in [1.54, 1.807) is 54.6 Å². The van der Waals surface area contributed by atoms with E-state index in [1.807, 2.05) is 0 Å².